The van der Waals surface area contributed by atoms with Crippen LogP contribution in [0.25, 0.3) is 6.08 Å². The Bertz CT molecular complexity index is 1540. The summed E-state index contributed by atoms with van der Waals surface area (Å²) in [6.45, 7) is 0. The van der Waals surface area contributed by atoms with Gasteiger partial charge in [0.15, 0.2) is 5.75 Å². The number of nitrogens with one attached hydrogen (secondary N) is 1. The van der Waals surface area contributed by atoms with Crippen LogP contribution in [-0.4, -0.2) is 31.2 Å². The van der Waals surface area contributed by atoms with Gasteiger partial charge in [0.25, 0.3) is 17.5 Å². The highest BCUT2D eigenvalue weighted by molar-refractivity contribution is 9.10. The standard InChI is InChI=1S/C23H14BrN3O8S/c24-19-13-14(6-11-20(19)35-36(33,34)17-4-2-1-3-5-17)12-18-21(28)25-23(30)26(22(18)29)15-7-9-16(10-8-15)27(31)32/h1-13H,(H,25,28,30)/b18-12+. The molecule has 0 bridgehead atoms. The molecule has 1 aliphatic rings. The fourth-order valence-electron chi connectivity index (χ4n) is 3.21. The Morgan fingerprint density at radius 1 is 0.972 bits per heavy atom. The third-order valence-corrected chi connectivity index (χ3v) is 6.79. The van der Waals surface area contributed by atoms with Crippen molar-refractivity contribution < 1.29 is 31.9 Å². The van der Waals surface area contributed by atoms with Crippen LogP contribution in [0.3, 0.4) is 0 Å². The molecule has 0 aromatic heterocycles. The predicted molar refractivity (Wildman–Crippen MR) is 130 cm³/mol. The van der Waals surface area contributed by atoms with E-state index in [0.717, 1.165) is 12.1 Å². The molecule has 0 atom stereocenters. The fraction of sp³-hybridized carbons (Fsp3) is 0. The number of non-ortho nitro benzene ring substituents is 1. The van der Waals surface area contributed by atoms with E-state index in [2.05, 4.69) is 21.2 Å². The molecular weight excluding hydrogens is 558 g/mol. The number of hydrogen-bond acceptors (Lipinski definition) is 8. The SMILES string of the molecule is O=C1NC(=O)N(c2ccc([N+](=O)[O-])cc2)C(=O)/C1=C/c1ccc(OS(=O)(=O)c2ccccc2)c(Br)c1. The summed E-state index contributed by atoms with van der Waals surface area (Å²) < 4.78 is 30.4. The van der Waals surface area contributed by atoms with E-state index in [4.69, 9.17) is 4.18 Å². The highest BCUT2D eigenvalue weighted by atomic mass is 79.9. The molecule has 0 aliphatic carbocycles. The highest BCUT2D eigenvalue weighted by Crippen LogP contribution is 2.30. The topological polar surface area (TPSA) is 153 Å². The van der Waals surface area contributed by atoms with Crippen molar-refractivity contribution in [1.29, 1.82) is 0 Å². The normalized spacial score (nSPS) is 15.1. The predicted octanol–water partition coefficient (Wildman–Crippen LogP) is 3.79. The largest absolute Gasteiger partial charge is 0.378 e. The van der Waals surface area contributed by atoms with Crippen molar-refractivity contribution in [2.24, 2.45) is 0 Å². The Kier molecular flexibility index (Phi) is 6.68. The first-order valence-electron chi connectivity index (χ1n) is 10.0. The summed E-state index contributed by atoms with van der Waals surface area (Å²) in [6.07, 6.45) is 1.21. The molecule has 1 saturated heterocycles. The number of nitro benzene ring substituents is 1. The number of imide groups is 2. The van der Waals surface area contributed by atoms with Crippen LogP contribution in [0.5, 0.6) is 5.75 Å². The van der Waals surface area contributed by atoms with Crippen molar-refractivity contribution in [2.75, 3.05) is 4.90 Å². The minimum atomic E-state index is -4.10. The van der Waals surface area contributed by atoms with Gasteiger partial charge in [-0.1, -0.05) is 24.3 Å². The average Bonchev–Trinajstić information content (AvgIpc) is 2.84. The molecule has 3 aromatic carbocycles. The van der Waals surface area contributed by atoms with Gasteiger partial charge in [0.05, 0.1) is 15.1 Å². The Balaban J connectivity index is 1.61. The molecule has 1 N–H and O–H groups in total. The Morgan fingerprint density at radius 2 is 1.64 bits per heavy atom. The molecular formula is C23H14BrN3O8S. The first-order chi connectivity index (χ1) is 17.1. The van der Waals surface area contributed by atoms with Gasteiger partial charge in [-0.2, -0.15) is 8.42 Å². The molecule has 36 heavy (non-hydrogen) atoms. The van der Waals surface area contributed by atoms with Gasteiger partial charge in [-0.05, 0) is 64.0 Å². The summed E-state index contributed by atoms with van der Waals surface area (Å²) in [4.78, 5) is 48.6. The number of barbiturate groups is 1. The van der Waals surface area contributed by atoms with Gasteiger partial charge < -0.3 is 4.18 Å². The number of urea groups is 1. The van der Waals surface area contributed by atoms with E-state index in [1.54, 1.807) is 18.2 Å². The van der Waals surface area contributed by atoms with Gasteiger partial charge in [-0.3, -0.25) is 25.0 Å². The number of rotatable bonds is 6. The highest BCUT2D eigenvalue weighted by Gasteiger charge is 2.37. The molecule has 0 spiro atoms. The summed E-state index contributed by atoms with van der Waals surface area (Å²) in [6, 6.07) is 15.4. The summed E-state index contributed by atoms with van der Waals surface area (Å²) in [5.74, 6) is -1.91. The van der Waals surface area contributed by atoms with Crippen LogP contribution < -0.4 is 14.4 Å². The minimum absolute atomic E-state index is 0.0249. The molecule has 1 heterocycles. The Labute approximate surface area is 212 Å². The van der Waals surface area contributed by atoms with Gasteiger partial charge in [0, 0.05) is 12.1 Å². The lowest BCUT2D eigenvalue weighted by Gasteiger charge is -2.26. The maximum Gasteiger partial charge on any atom is 0.339 e. The molecule has 13 heteroatoms. The number of carbonyl (C=O) groups is 3. The van der Waals surface area contributed by atoms with Gasteiger partial charge >= 0.3 is 16.1 Å². The monoisotopic (exact) mass is 571 g/mol. The van der Waals surface area contributed by atoms with E-state index >= 15 is 0 Å². The lowest BCUT2D eigenvalue weighted by atomic mass is 10.1. The van der Waals surface area contributed by atoms with E-state index in [1.165, 1.54) is 48.5 Å². The number of benzene rings is 3. The Morgan fingerprint density at radius 3 is 2.25 bits per heavy atom. The van der Waals surface area contributed by atoms with Crippen LogP contribution in [0.1, 0.15) is 5.56 Å². The van der Waals surface area contributed by atoms with E-state index in [9.17, 15) is 32.9 Å². The maximum absolute atomic E-state index is 13.0. The fourth-order valence-corrected chi connectivity index (χ4v) is 4.76. The lowest BCUT2D eigenvalue weighted by molar-refractivity contribution is -0.384. The quantitative estimate of drug-likeness (QED) is 0.154. The van der Waals surface area contributed by atoms with Crippen LogP contribution in [0.4, 0.5) is 16.2 Å². The minimum Gasteiger partial charge on any atom is -0.378 e. The third-order valence-electron chi connectivity index (χ3n) is 4.92. The molecule has 0 radical (unpaired) electrons. The molecule has 0 saturated carbocycles. The van der Waals surface area contributed by atoms with Crippen molar-refractivity contribution >= 4 is 61.3 Å². The number of nitrogens with zero attached hydrogens (tertiary/aromatic N) is 2. The molecule has 11 nitrogen and oxygen atoms in total. The second-order valence-electron chi connectivity index (χ2n) is 7.27. The average molecular weight is 572 g/mol. The maximum atomic E-state index is 13.0. The van der Waals surface area contributed by atoms with Crippen LogP contribution in [0.2, 0.25) is 0 Å². The summed E-state index contributed by atoms with van der Waals surface area (Å²) in [7, 11) is -4.10. The number of halogens is 1. The van der Waals surface area contributed by atoms with E-state index in [1.807, 2.05) is 0 Å². The van der Waals surface area contributed by atoms with Gasteiger partial charge in [0.1, 0.15) is 10.5 Å². The van der Waals surface area contributed by atoms with Crippen LogP contribution in [-0.2, 0) is 19.7 Å². The Hall–Kier alpha value is -4.36. The molecule has 182 valence electrons. The lowest BCUT2D eigenvalue weighted by Crippen LogP contribution is -2.54. The third kappa shape index (κ3) is 5.01. The molecule has 4 rings (SSSR count). The zero-order valence-electron chi connectivity index (χ0n) is 18.0. The molecule has 1 fully saturated rings. The van der Waals surface area contributed by atoms with Gasteiger partial charge in [-0.15, -0.1) is 0 Å². The van der Waals surface area contributed by atoms with Crippen molar-refractivity contribution in [3.8, 4) is 5.75 Å². The van der Waals surface area contributed by atoms with Crippen molar-refractivity contribution in [3.05, 3.63) is 98.5 Å². The number of nitro groups is 1. The molecule has 0 unspecified atom stereocenters. The number of anilines is 1. The van der Waals surface area contributed by atoms with Crippen LogP contribution in [0, 0.1) is 10.1 Å². The van der Waals surface area contributed by atoms with Crippen molar-refractivity contribution in [3.63, 3.8) is 0 Å². The molecule has 1 aliphatic heterocycles. The van der Waals surface area contributed by atoms with Crippen LogP contribution >= 0.6 is 15.9 Å². The zero-order chi connectivity index (χ0) is 26.0. The first kappa shape index (κ1) is 24.8. The van der Waals surface area contributed by atoms with E-state index < -0.39 is 32.9 Å². The summed E-state index contributed by atoms with van der Waals surface area (Å²) in [5, 5.41) is 12.9. The van der Waals surface area contributed by atoms with Crippen molar-refractivity contribution in [1.82, 2.24) is 5.32 Å². The number of carbonyl (C=O) groups excluding carboxylic acids is 3. The summed E-state index contributed by atoms with van der Waals surface area (Å²) >= 11 is 3.22. The van der Waals surface area contributed by atoms with E-state index in [-0.39, 0.29) is 32.1 Å². The van der Waals surface area contributed by atoms with Crippen LogP contribution in [0.15, 0.2) is 87.7 Å². The second kappa shape index (κ2) is 9.71. The second-order valence-corrected chi connectivity index (χ2v) is 9.67. The first-order valence-corrected chi connectivity index (χ1v) is 12.2. The zero-order valence-corrected chi connectivity index (χ0v) is 20.4. The smallest absolute Gasteiger partial charge is 0.339 e. The molecule has 4 amide bonds. The van der Waals surface area contributed by atoms with Crippen molar-refractivity contribution in [2.45, 2.75) is 4.90 Å². The number of amides is 4. The summed E-state index contributed by atoms with van der Waals surface area (Å²) in [5.41, 5.74) is -0.275. The van der Waals surface area contributed by atoms with Gasteiger partial charge in [0.2, 0.25) is 0 Å². The van der Waals surface area contributed by atoms with E-state index in [0.29, 0.717) is 10.5 Å². The molecule has 3 aromatic rings. The number of hydrogen-bond donors (Lipinski definition) is 1. The van der Waals surface area contributed by atoms with Gasteiger partial charge in [-0.25, -0.2) is 9.69 Å².